The lowest BCUT2D eigenvalue weighted by Gasteiger charge is -1.99. The number of hydrogen-bond donors (Lipinski definition) is 0. The molecule has 1 aromatic carbocycles. The molecule has 0 bridgehead atoms. The number of para-hydroxylation sites is 1. The van der Waals surface area contributed by atoms with Gasteiger partial charge in [0.2, 0.25) is 0 Å². The van der Waals surface area contributed by atoms with E-state index < -0.39 is 6.55 Å². The van der Waals surface area contributed by atoms with Crippen molar-refractivity contribution in [3.05, 3.63) is 30.5 Å². The smallest absolute Gasteiger partial charge is 0.204 e. The van der Waals surface area contributed by atoms with Crippen molar-refractivity contribution in [2.24, 2.45) is 0 Å². The monoisotopic (exact) mass is 168 g/mol. The van der Waals surface area contributed by atoms with Gasteiger partial charge in [-0.1, -0.05) is 18.2 Å². The van der Waals surface area contributed by atoms with E-state index in [1.807, 2.05) is 0 Å². The fourth-order valence-corrected chi connectivity index (χ4v) is 1.15. The minimum Gasteiger partial charge on any atom is -0.204 e. The average molecular weight is 168 g/mol. The summed E-state index contributed by atoms with van der Waals surface area (Å²) in [5.74, 6) is 0. The van der Waals surface area contributed by atoms with Crippen LogP contribution in [0.1, 0.15) is 6.55 Å². The first-order valence-corrected chi connectivity index (χ1v) is 3.49. The summed E-state index contributed by atoms with van der Waals surface area (Å²) in [5.41, 5.74) is 0.465. The van der Waals surface area contributed by atoms with Crippen LogP contribution in [0.3, 0.4) is 0 Å². The SMILES string of the molecule is FC(F)n1ncc2ccccc21. The van der Waals surface area contributed by atoms with Gasteiger partial charge in [0.1, 0.15) is 0 Å². The number of halogens is 2. The van der Waals surface area contributed by atoms with Crippen molar-refractivity contribution >= 4 is 10.9 Å². The molecule has 0 radical (unpaired) electrons. The molecular weight excluding hydrogens is 162 g/mol. The Hall–Kier alpha value is -1.45. The Morgan fingerprint density at radius 1 is 1.25 bits per heavy atom. The van der Waals surface area contributed by atoms with Gasteiger partial charge in [-0.2, -0.15) is 13.9 Å². The van der Waals surface area contributed by atoms with E-state index in [2.05, 4.69) is 5.10 Å². The van der Waals surface area contributed by atoms with E-state index >= 15 is 0 Å². The number of fused-ring (bicyclic) bond motifs is 1. The summed E-state index contributed by atoms with van der Waals surface area (Å²) in [4.78, 5) is 0. The van der Waals surface area contributed by atoms with Crippen molar-refractivity contribution in [3.8, 4) is 0 Å². The highest BCUT2D eigenvalue weighted by atomic mass is 19.3. The number of nitrogens with zero attached hydrogens (tertiary/aromatic N) is 2. The summed E-state index contributed by atoms with van der Waals surface area (Å²) in [6.07, 6.45) is 1.43. The Kier molecular flexibility index (Phi) is 1.53. The van der Waals surface area contributed by atoms with Gasteiger partial charge < -0.3 is 0 Å². The molecule has 0 aliphatic heterocycles. The minimum atomic E-state index is -2.56. The van der Waals surface area contributed by atoms with Gasteiger partial charge in [-0.05, 0) is 6.07 Å². The Balaban J connectivity index is 2.70. The predicted octanol–water partition coefficient (Wildman–Crippen LogP) is 2.43. The summed E-state index contributed by atoms with van der Waals surface area (Å²) in [6.45, 7) is -2.56. The first-order valence-electron chi connectivity index (χ1n) is 3.49. The van der Waals surface area contributed by atoms with Crippen LogP contribution in [0.25, 0.3) is 10.9 Å². The van der Waals surface area contributed by atoms with Crippen molar-refractivity contribution in [1.29, 1.82) is 0 Å². The third-order valence-electron chi connectivity index (χ3n) is 1.69. The van der Waals surface area contributed by atoms with Crippen LogP contribution in [-0.4, -0.2) is 9.78 Å². The maximum atomic E-state index is 12.2. The van der Waals surface area contributed by atoms with Gasteiger partial charge in [0.25, 0.3) is 0 Å². The van der Waals surface area contributed by atoms with Crippen LogP contribution in [0.5, 0.6) is 0 Å². The molecule has 0 fully saturated rings. The zero-order chi connectivity index (χ0) is 8.55. The van der Waals surface area contributed by atoms with Crippen LogP contribution >= 0.6 is 0 Å². The molecule has 0 spiro atoms. The van der Waals surface area contributed by atoms with Crippen LogP contribution < -0.4 is 0 Å². The normalized spacial score (nSPS) is 11.2. The lowest BCUT2D eigenvalue weighted by atomic mass is 10.3. The molecule has 0 aliphatic rings. The van der Waals surface area contributed by atoms with E-state index in [1.165, 1.54) is 6.20 Å². The lowest BCUT2D eigenvalue weighted by molar-refractivity contribution is 0.0615. The van der Waals surface area contributed by atoms with Crippen molar-refractivity contribution in [2.75, 3.05) is 0 Å². The quantitative estimate of drug-likeness (QED) is 0.639. The Morgan fingerprint density at radius 3 is 2.75 bits per heavy atom. The lowest BCUT2D eigenvalue weighted by Crippen LogP contribution is -1.98. The third-order valence-corrected chi connectivity index (χ3v) is 1.69. The molecule has 12 heavy (non-hydrogen) atoms. The Labute approximate surface area is 67.4 Å². The van der Waals surface area contributed by atoms with Crippen LogP contribution in [0.4, 0.5) is 8.78 Å². The fourth-order valence-electron chi connectivity index (χ4n) is 1.15. The molecular formula is C8H6F2N2. The maximum absolute atomic E-state index is 12.2. The van der Waals surface area contributed by atoms with Crippen LogP contribution in [0, 0.1) is 0 Å². The first kappa shape index (κ1) is 7.21. The highest BCUT2D eigenvalue weighted by Gasteiger charge is 2.09. The van der Waals surface area contributed by atoms with Crippen LogP contribution in [-0.2, 0) is 0 Å². The third kappa shape index (κ3) is 0.958. The molecule has 0 atom stereocenters. The number of rotatable bonds is 1. The molecule has 0 amide bonds. The van der Waals surface area contributed by atoms with Gasteiger partial charge in [-0.3, -0.25) is 0 Å². The molecule has 0 saturated carbocycles. The molecule has 0 saturated heterocycles. The van der Waals surface area contributed by atoms with Crippen LogP contribution in [0.2, 0.25) is 0 Å². The van der Waals surface area contributed by atoms with Gasteiger partial charge in [0, 0.05) is 5.39 Å². The molecule has 1 aromatic heterocycles. The zero-order valence-electron chi connectivity index (χ0n) is 6.11. The Morgan fingerprint density at radius 2 is 2.00 bits per heavy atom. The van der Waals surface area contributed by atoms with Gasteiger partial charge in [0.05, 0.1) is 11.7 Å². The average Bonchev–Trinajstić information content (AvgIpc) is 2.47. The second-order valence-electron chi connectivity index (χ2n) is 2.43. The van der Waals surface area contributed by atoms with Crippen molar-refractivity contribution in [2.45, 2.75) is 6.55 Å². The van der Waals surface area contributed by atoms with Gasteiger partial charge >= 0.3 is 6.55 Å². The molecule has 0 N–H and O–H groups in total. The Bertz CT molecular complexity index is 395. The van der Waals surface area contributed by atoms with Gasteiger partial charge in [0.15, 0.2) is 0 Å². The molecule has 2 aromatic rings. The summed E-state index contributed by atoms with van der Waals surface area (Å²) in [6, 6.07) is 6.87. The summed E-state index contributed by atoms with van der Waals surface area (Å²) >= 11 is 0. The molecule has 4 heteroatoms. The minimum absolute atomic E-state index is 0.465. The van der Waals surface area contributed by atoms with Crippen LogP contribution in [0.15, 0.2) is 30.5 Å². The fraction of sp³-hybridized carbons (Fsp3) is 0.125. The van der Waals surface area contributed by atoms with E-state index in [0.29, 0.717) is 10.2 Å². The van der Waals surface area contributed by atoms with Crippen molar-refractivity contribution in [1.82, 2.24) is 9.78 Å². The number of hydrogen-bond acceptors (Lipinski definition) is 1. The maximum Gasteiger partial charge on any atom is 0.333 e. The number of alkyl halides is 2. The highest BCUT2D eigenvalue weighted by Crippen LogP contribution is 2.18. The molecule has 0 unspecified atom stereocenters. The molecule has 62 valence electrons. The summed E-state index contributed by atoms with van der Waals surface area (Å²) < 4.78 is 25.2. The molecule has 0 aliphatic carbocycles. The van der Waals surface area contributed by atoms with E-state index in [9.17, 15) is 8.78 Å². The standard InChI is InChI=1S/C8H6F2N2/c9-8(10)12-7-4-2-1-3-6(7)5-11-12/h1-5,8H. The predicted molar refractivity (Wildman–Crippen MR) is 41.0 cm³/mol. The second-order valence-corrected chi connectivity index (χ2v) is 2.43. The highest BCUT2D eigenvalue weighted by molar-refractivity contribution is 5.78. The molecule has 2 rings (SSSR count). The van der Waals surface area contributed by atoms with E-state index in [-0.39, 0.29) is 0 Å². The topological polar surface area (TPSA) is 17.8 Å². The summed E-state index contributed by atoms with van der Waals surface area (Å²) in [7, 11) is 0. The van der Waals surface area contributed by atoms with Crippen molar-refractivity contribution < 1.29 is 8.78 Å². The first-order chi connectivity index (χ1) is 5.79. The van der Waals surface area contributed by atoms with E-state index in [0.717, 1.165) is 5.39 Å². The molecule has 1 heterocycles. The zero-order valence-corrected chi connectivity index (χ0v) is 6.11. The largest absolute Gasteiger partial charge is 0.333 e. The van der Waals surface area contributed by atoms with E-state index in [1.54, 1.807) is 24.3 Å². The molecule has 2 nitrogen and oxygen atoms in total. The summed E-state index contributed by atoms with van der Waals surface area (Å²) in [5, 5.41) is 4.30. The van der Waals surface area contributed by atoms with Gasteiger partial charge in [-0.15, -0.1) is 0 Å². The van der Waals surface area contributed by atoms with Crippen molar-refractivity contribution in [3.63, 3.8) is 0 Å². The number of aromatic nitrogens is 2. The van der Waals surface area contributed by atoms with Gasteiger partial charge in [-0.25, -0.2) is 4.68 Å². The number of benzene rings is 1. The second kappa shape index (κ2) is 2.55. The van der Waals surface area contributed by atoms with E-state index in [4.69, 9.17) is 0 Å².